The van der Waals surface area contributed by atoms with Crippen molar-refractivity contribution in [3.63, 3.8) is 0 Å². The van der Waals surface area contributed by atoms with Crippen molar-refractivity contribution in [2.24, 2.45) is 0 Å². The number of aromatic hydroxyl groups is 2. The first-order valence-corrected chi connectivity index (χ1v) is 16.9. The number of fused-ring (bicyclic) bond motifs is 1. The van der Waals surface area contributed by atoms with Crippen LogP contribution in [-0.2, 0) is 22.7 Å². The van der Waals surface area contributed by atoms with Gasteiger partial charge < -0.3 is 20.0 Å². The molecule has 250 valence electrons. The summed E-state index contributed by atoms with van der Waals surface area (Å²) in [5, 5.41) is 22.2. The van der Waals surface area contributed by atoms with E-state index in [1.165, 1.54) is 0 Å². The van der Waals surface area contributed by atoms with Crippen molar-refractivity contribution in [3.8, 4) is 11.5 Å². The number of allylic oxidation sites excluding steroid dienone is 1. The maximum Gasteiger partial charge on any atom is 0.255 e. The van der Waals surface area contributed by atoms with Crippen LogP contribution >= 0.6 is 0 Å². The molecular formula is C40H40N4O5. The SMILES string of the molecule is CC/C(=C(\c1ccc(O)cc1)c1ccc(N2CCN(Cc3cccc4c3CN(C3CCC(=O)NC3=O)C4=O)CC2)cc1)c1ccc(O)cc1. The van der Waals surface area contributed by atoms with Gasteiger partial charge >= 0.3 is 0 Å². The van der Waals surface area contributed by atoms with E-state index < -0.39 is 6.04 Å². The van der Waals surface area contributed by atoms with Gasteiger partial charge in [-0.25, -0.2) is 0 Å². The zero-order valence-corrected chi connectivity index (χ0v) is 27.6. The topological polar surface area (TPSA) is 113 Å². The molecule has 3 heterocycles. The summed E-state index contributed by atoms with van der Waals surface area (Å²) in [7, 11) is 0. The highest BCUT2D eigenvalue weighted by atomic mass is 16.3. The van der Waals surface area contributed by atoms with Gasteiger partial charge in [0.05, 0.1) is 0 Å². The van der Waals surface area contributed by atoms with Gasteiger partial charge in [-0.2, -0.15) is 0 Å². The average Bonchev–Trinajstić information content (AvgIpc) is 3.45. The van der Waals surface area contributed by atoms with Gasteiger partial charge in [-0.3, -0.25) is 24.6 Å². The lowest BCUT2D eigenvalue weighted by Gasteiger charge is -2.36. The fourth-order valence-corrected chi connectivity index (χ4v) is 7.37. The Hall–Kier alpha value is -5.41. The lowest BCUT2D eigenvalue weighted by molar-refractivity contribution is -0.136. The molecule has 1 unspecified atom stereocenters. The Bertz CT molecular complexity index is 1910. The van der Waals surface area contributed by atoms with Gasteiger partial charge in [0.1, 0.15) is 17.5 Å². The highest BCUT2D eigenvalue weighted by Gasteiger charge is 2.40. The summed E-state index contributed by atoms with van der Waals surface area (Å²) in [5.74, 6) is -0.363. The van der Waals surface area contributed by atoms with Crippen LogP contribution in [0.5, 0.6) is 11.5 Å². The number of imide groups is 1. The van der Waals surface area contributed by atoms with Crippen LogP contribution in [-0.4, -0.2) is 70.0 Å². The first kappa shape index (κ1) is 32.2. The summed E-state index contributed by atoms with van der Waals surface area (Å²) in [5.41, 5.74) is 9.27. The minimum Gasteiger partial charge on any atom is -0.508 e. The van der Waals surface area contributed by atoms with Gasteiger partial charge in [-0.05, 0) is 94.3 Å². The Kier molecular flexibility index (Phi) is 8.93. The van der Waals surface area contributed by atoms with E-state index in [1.807, 2.05) is 36.4 Å². The molecule has 4 aromatic carbocycles. The van der Waals surface area contributed by atoms with E-state index in [1.54, 1.807) is 29.2 Å². The Morgan fingerprint density at radius 2 is 1.39 bits per heavy atom. The van der Waals surface area contributed by atoms with Crippen molar-refractivity contribution in [1.82, 2.24) is 15.1 Å². The van der Waals surface area contributed by atoms with E-state index >= 15 is 0 Å². The fourth-order valence-electron chi connectivity index (χ4n) is 7.37. The minimum absolute atomic E-state index is 0.142. The number of carbonyl (C=O) groups excluding carboxylic acids is 3. The Labute approximate surface area is 286 Å². The molecule has 3 N–H and O–H groups in total. The number of hydrogen-bond acceptors (Lipinski definition) is 7. The van der Waals surface area contributed by atoms with Gasteiger partial charge in [0.2, 0.25) is 11.8 Å². The monoisotopic (exact) mass is 656 g/mol. The van der Waals surface area contributed by atoms with Crippen molar-refractivity contribution in [2.75, 3.05) is 31.1 Å². The summed E-state index contributed by atoms with van der Waals surface area (Å²) in [6, 6.07) is 28.5. The number of anilines is 1. The molecule has 0 radical (unpaired) electrons. The van der Waals surface area contributed by atoms with Crippen LogP contribution in [0.2, 0.25) is 0 Å². The van der Waals surface area contributed by atoms with Crippen molar-refractivity contribution >= 4 is 34.6 Å². The molecule has 9 heteroatoms. The molecule has 0 saturated carbocycles. The molecule has 0 aliphatic carbocycles. The number of benzene rings is 4. The quantitative estimate of drug-likeness (QED) is 0.168. The molecule has 0 aromatic heterocycles. The summed E-state index contributed by atoms with van der Waals surface area (Å²) in [4.78, 5) is 43.9. The number of piperazine rings is 1. The molecule has 3 aliphatic heterocycles. The van der Waals surface area contributed by atoms with E-state index in [0.717, 1.165) is 83.8 Å². The zero-order valence-electron chi connectivity index (χ0n) is 27.6. The molecule has 0 bridgehead atoms. The molecule has 9 nitrogen and oxygen atoms in total. The molecule has 2 saturated heterocycles. The Morgan fingerprint density at radius 1 is 0.776 bits per heavy atom. The van der Waals surface area contributed by atoms with Crippen LogP contribution in [0, 0.1) is 0 Å². The predicted octanol–water partition coefficient (Wildman–Crippen LogP) is 5.55. The van der Waals surface area contributed by atoms with Gasteiger partial charge in [-0.15, -0.1) is 0 Å². The number of carbonyl (C=O) groups is 3. The van der Waals surface area contributed by atoms with E-state index in [-0.39, 0.29) is 35.6 Å². The lowest BCUT2D eigenvalue weighted by Crippen LogP contribution is -2.52. The third-order valence-electron chi connectivity index (χ3n) is 9.99. The normalized spacial score (nSPS) is 18.7. The molecule has 3 amide bonds. The summed E-state index contributed by atoms with van der Waals surface area (Å²) >= 11 is 0. The number of phenolic OH excluding ortho intramolecular Hbond substituents is 2. The van der Waals surface area contributed by atoms with Gasteiger partial charge in [0, 0.05) is 56.9 Å². The van der Waals surface area contributed by atoms with Crippen LogP contribution < -0.4 is 10.2 Å². The maximum absolute atomic E-state index is 13.3. The summed E-state index contributed by atoms with van der Waals surface area (Å²) in [6.45, 7) is 6.71. The molecule has 7 rings (SSSR count). The highest BCUT2D eigenvalue weighted by molar-refractivity contribution is 6.05. The minimum atomic E-state index is -0.616. The van der Waals surface area contributed by atoms with E-state index in [2.05, 4.69) is 52.4 Å². The summed E-state index contributed by atoms with van der Waals surface area (Å²) in [6.07, 6.45) is 1.39. The van der Waals surface area contributed by atoms with Crippen molar-refractivity contribution < 1.29 is 24.6 Å². The molecule has 2 fully saturated rings. The first-order chi connectivity index (χ1) is 23.8. The summed E-state index contributed by atoms with van der Waals surface area (Å²) < 4.78 is 0. The lowest BCUT2D eigenvalue weighted by atomic mass is 9.88. The average molecular weight is 657 g/mol. The number of phenols is 2. The molecule has 4 aromatic rings. The molecular weight excluding hydrogens is 616 g/mol. The van der Waals surface area contributed by atoms with Gasteiger partial charge in [-0.1, -0.05) is 55.5 Å². The Morgan fingerprint density at radius 3 is 2.00 bits per heavy atom. The van der Waals surface area contributed by atoms with E-state index in [4.69, 9.17) is 0 Å². The number of piperidine rings is 1. The van der Waals surface area contributed by atoms with Crippen LogP contribution in [0.15, 0.2) is 91.0 Å². The van der Waals surface area contributed by atoms with Crippen LogP contribution in [0.25, 0.3) is 11.1 Å². The molecule has 1 atom stereocenters. The first-order valence-electron chi connectivity index (χ1n) is 16.9. The highest BCUT2D eigenvalue weighted by Crippen LogP contribution is 2.36. The number of nitrogens with zero attached hydrogens (tertiary/aromatic N) is 3. The second-order valence-electron chi connectivity index (χ2n) is 13.0. The third-order valence-corrected chi connectivity index (χ3v) is 9.99. The predicted molar refractivity (Wildman–Crippen MR) is 189 cm³/mol. The maximum atomic E-state index is 13.3. The third kappa shape index (κ3) is 6.54. The standard InChI is InChI=1S/C40H40N4O5/c1-2-33(26-8-14-31(45)15-9-26)38(28-10-16-32(46)17-11-28)27-6-12-30(13-7-27)43-22-20-42(21-23-43)24-29-4-3-5-34-35(29)25-44(40(34)49)36-18-19-37(47)41-39(36)48/h3-17,36,45-46H,2,18-25H2,1H3,(H,41,47,48)/b38-33+. The second kappa shape index (κ2) is 13.6. The van der Waals surface area contributed by atoms with Crippen molar-refractivity contribution in [3.05, 3.63) is 124 Å². The van der Waals surface area contributed by atoms with Crippen molar-refractivity contribution in [2.45, 2.75) is 45.3 Å². The molecule has 3 aliphatic rings. The molecule has 49 heavy (non-hydrogen) atoms. The van der Waals surface area contributed by atoms with Crippen LogP contribution in [0.3, 0.4) is 0 Å². The fraction of sp³-hybridized carbons (Fsp3) is 0.275. The van der Waals surface area contributed by atoms with Crippen LogP contribution in [0.1, 0.15) is 64.4 Å². The smallest absolute Gasteiger partial charge is 0.255 e. The molecule has 0 spiro atoms. The van der Waals surface area contributed by atoms with E-state index in [0.29, 0.717) is 18.5 Å². The number of rotatable bonds is 8. The van der Waals surface area contributed by atoms with Gasteiger partial charge in [0.25, 0.3) is 5.91 Å². The largest absolute Gasteiger partial charge is 0.508 e. The number of nitrogens with one attached hydrogen (secondary N) is 1. The van der Waals surface area contributed by atoms with E-state index in [9.17, 15) is 24.6 Å². The number of hydrogen-bond donors (Lipinski definition) is 3. The second-order valence-corrected chi connectivity index (χ2v) is 13.0. The van der Waals surface area contributed by atoms with Crippen molar-refractivity contribution in [1.29, 1.82) is 0 Å². The Balaban J connectivity index is 1.05. The van der Waals surface area contributed by atoms with Gasteiger partial charge in [0.15, 0.2) is 0 Å². The van der Waals surface area contributed by atoms with Crippen LogP contribution in [0.4, 0.5) is 5.69 Å². The zero-order chi connectivity index (χ0) is 34.1. The number of amides is 3.